The Morgan fingerprint density at radius 2 is 1.68 bits per heavy atom. The molecule has 2 aromatic rings. The highest BCUT2D eigenvalue weighted by Gasteiger charge is 2.26. The zero-order valence-corrected chi connectivity index (χ0v) is 11.9. The smallest absolute Gasteiger partial charge is 0.351 e. The van der Waals surface area contributed by atoms with E-state index < -0.39 is 18.0 Å². The zero-order chi connectivity index (χ0) is 15.9. The quantitative estimate of drug-likeness (QED) is 0.810. The van der Waals surface area contributed by atoms with Crippen LogP contribution in [0.15, 0.2) is 54.6 Å². The van der Waals surface area contributed by atoms with Crippen LogP contribution in [0.5, 0.6) is 0 Å². The third-order valence-corrected chi connectivity index (χ3v) is 2.99. The SMILES string of the molecule is COC(=O)C(OC(=O)c1ccc(C#N)cc1)c1ccccc1. The molecule has 2 rings (SSSR count). The van der Waals surface area contributed by atoms with Crippen molar-refractivity contribution in [3.8, 4) is 6.07 Å². The predicted octanol–water partition coefficient (Wildman–Crippen LogP) is 2.63. The number of esters is 2. The van der Waals surface area contributed by atoms with Gasteiger partial charge in [0.15, 0.2) is 0 Å². The number of hydrogen-bond donors (Lipinski definition) is 0. The van der Waals surface area contributed by atoms with E-state index in [1.54, 1.807) is 30.3 Å². The summed E-state index contributed by atoms with van der Waals surface area (Å²) < 4.78 is 9.93. The number of hydrogen-bond acceptors (Lipinski definition) is 5. The van der Waals surface area contributed by atoms with Gasteiger partial charge in [-0.2, -0.15) is 5.26 Å². The molecule has 2 aromatic carbocycles. The molecular formula is C17H13NO4. The fourth-order valence-corrected chi connectivity index (χ4v) is 1.84. The van der Waals surface area contributed by atoms with E-state index in [1.807, 2.05) is 6.07 Å². The molecular weight excluding hydrogens is 282 g/mol. The number of carbonyl (C=O) groups excluding carboxylic acids is 2. The first kappa shape index (κ1) is 15.3. The van der Waals surface area contributed by atoms with Crippen molar-refractivity contribution in [1.29, 1.82) is 5.26 Å². The molecule has 22 heavy (non-hydrogen) atoms. The van der Waals surface area contributed by atoms with Gasteiger partial charge in [0.2, 0.25) is 6.10 Å². The molecule has 0 heterocycles. The summed E-state index contributed by atoms with van der Waals surface area (Å²) in [6.07, 6.45) is -1.13. The van der Waals surface area contributed by atoms with Crippen molar-refractivity contribution in [3.05, 3.63) is 71.3 Å². The number of ether oxygens (including phenoxy) is 2. The van der Waals surface area contributed by atoms with Gasteiger partial charge in [-0.25, -0.2) is 9.59 Å². The Morgan fingerprint density at radius 3 is 2.23 bits per heavy atom. The van der Waals surface area contributed by atoms with Crippen LogP contribution < -0.4 is 0 Å². The largest absolute Gasteiger partial charge is 0.466 e. The lowest BCUT2D eigenvalue weighted by Gasteiger charge is -2.16. The topological polar surface area (TPSA) is 76.4 Å². The van der Waals surface area contributed by atoms with Crippen molar-refractivity contribution in [3.63, 3.8) is 0 Å². The van der Waals surface area contributed by atoms with E-state index >= 15 is 0 Å². The van der Waals surface area contributed by atoms with Crippen LogP contribution in [0.3, 0.4) is 0 Å². The second-order valence-electron chi connectivity index (χ2n) is 4.41. The predicted molar refractivity (Wildman–Crippen MR) is 77.8 cm³/mol. The van der Waals surface area contributed by atoms with Gasteiger partial charge in [-0.15, -0.1) is 0 Å². The Labute approximate surface area is 127 Å². The van der Waals surface area contributed by atoms with Crippen molar-refractivity contribution >= 4 is 11.9 Å². The van der Waals surface area contributed by atoms with Gasteiger partial charge in [-0.05, 0) is 24.3 Å². The normalized spacial score (nSPS) is 11.1. The van der Waals surface area contributed by atoms with E-state index in [0.717, 1.165) is 0 Å². The van der Waals surface area contributed by atoms with Crippen LogP contribution in [0, 0.1) is 11.3 Å². The molecule has 0 aliphatic rings. The van der Waals surface area contributed by atoms with Crippen LogP contribution in [0.2, 0.25) is 0 Å². The van der Waals surface area contributed by atoms with Gasteiger partial charge in [0, 0.05) is 5.56 Å². The Kier molecular flexibility index (Phi) is 4.89. The second kappa shape index (κ2) is 7.04. The zero-order valence-electron chi connectivity index (χ0n) is 11.9. The summed E-state index contributed by atoms with van der Waals surface area (Å²) in [5.74, 6) is -1.32. The molecule has 0 amide bonds. The van der Waals surface area contributed by atoms with Crippen molar-refractivity contribution in [2.75, 3.05) is 7.11 Å². The molecule has 0 aliphatic carbocycles. The van der Waals surface area contributed by atoms with Gasteiger partial charge >= 0.3 is 11.9 Å². The summed E-state index contributed by atoms with van der Waals surface area (Å²) in [7, 11) is 1.23. The van der Waals surface area contributed by atoms with E-state index in [2.05, 4.69) is 4.74 Å². The molecule has 0 saturated heterocycles. The van der Waals surface area contributed by atoms with Gasteiger partial charge in [-0.3, -0.25) is 0 Å². The maximum absolute atomic E-state index is 12.1. The molecule has 5 nitrogen and oxygen atoms in total. The van der Waals surface area contributed by atoms with Crippen molar-refractivity contribution in [2.45, 2.75) is 6.10 Å². The fourth-order valence-electron chi connectivity index (χ4n) is 1.84. The summed E-state index contributed by atoms with van der Waals surface area (Å²) in [5.41, 5.74) is 1.21. The minimum absolute atomic E-state index is 0.254. The summed E-state index contributed by atoms with van der Waals surface area (Å²) in [5, 5.41) is 8.74. The van der Waals surface area contributed by atoms with Crippen molar-refractivity contribution < 1.29 is 19.1 Å². The molecule has 0 radical (unpaired) electrons. The Hall–Kier alpha value is -3.13. The number of carbonyl (C=O) groups is 2. The van der Waals surface area contributed by atoms with E-state index in [1.165, 1.54) is 31.4 Å². The van der Waals surface area contributed by atoms with Gasteiger partial charge in [0.1, 0.15) is 0 Å². The van der Waals surface area contributed by atoms with E-state index in [4.69, 9.17) is 10.00 Å². The Morgan fingerprint density at radius 1 is 1.05 bits per heavy atom. The molecule has 110 valence electrons. The molecule has 0 N–H and O–H groups in total. The number of nitriles is 1. The molecule has 0 fully saturated rings. The number of nitrogens with zero attached hydrogens (tertiary/aromatic N) is 1. The van der Waals surface area contributed by atoms with Gasteiger partial charge in [0.05, 0.1) is 24.3 Å². The monoisotopic (exact) mass is 295 g/mol. The number of benzene rings is 2. The number of rotatable bonds is 4. The molecule has 0 saturated carbocycles. The molecule has 0 spiro atoms. The first-order chi connectivity index (χ1) is 10.7. The minimum Gasteiger partial charge on any atom is -0.466 e. The van der Waals surface area contributed by atoms with E-state index in [9.17, 15) is 9.59 Å². The first-order valence-corrected chi connectivity index (χ1v) is 6.49. The number of methoxy groups -OCH3 is 1. The molecule has 1 atom stereocenters. The summed E-state index contributed by atoms with van der Waals surface area (Å²) in [4.78, 5) is 24.0. The molecule has 0 aromatic heterocycles. The van der Waals surface area contributed by atoms with Crippen LogP contribution in [0.25, 0.3) is 0 Å². The molecule has 1 unspecified atom stereocenters. The van der Waals surface area contributed by atoms with Crippen LogP contribution in [0.1, 0.15) is 27.6 Å². The van der Waals surface area contributed by atoms with Gasteiger partial charge in [-0.1, -0.05) is 30.3 Å². The van der Waals surface area contributed by atoms with E-state index in [-0.39, 0.29) is 5.56 Å². The average Bonchev–Trinajstić information content (AvgIpc) is 2.59. The van der Waals surface area contributed by atoms with Gasteiger partial charge in [0.25, 0.3) is 0 Å². The highest BCUT2D eigenvalue weighted by Crippen LogP contribution is 2.20. The average molecular weight is 295 g/mol. The summed E-state index contributed by atoms with van der Waals surface area (Å²) in [6.45, 7) is 0. The standard InChI is InChI=1S/C17H13NO4/c1-21-17(20)15(13-5-3-2-4-6-13)22-16(19)14-9-7-12(11-18)8-10-14/h2-10,15H,1H3. The van der Waals surface area contributed by atoms with Crippen LogP contribution in [0.4, 0.5) is 0 Å². The summed E-state index contributed by atoms with van der Waals surface area (Å²) >= 11 is 0. The lowest BCUT2D eigenvalue weighted by atomic mass is 10.1. The third-order valence-electron chi connectivity index (χ3n) is 2.99. The molecule has 5 heteroatoms. The van der Waals surface area contributed by atoms with Crippen LogP contribution >= 0.6 is 0 Å². The molecule has 0 aliphatic heterocycles. The minimum atomic E-state index is -1.13. The lowest BCUT2D eigenvalue weighted by molar-refractivity contribution is -0.151. The summed E-state index contributed by atoms with van der Waals surface area (Å²) in [6, 6.07) is 16.5. The van der Waals surface area contributed by atoms with Crippen molar-refractivity contribution in [1.82, 2.24) is 0 Å². The second-order valence-corrected chi connectivity index (χ2v) is 4.41. The van der Waals surface area contributed by atoms with E-state index in [0.29, 0.717) is 11.1 Å². The Balaban J connectivity index is 2.21. The Bertz CT molecular complexity index is 702. The maximum atomic E-state index is 12.1. The van der Waals surface area contributed by atoms with Crippen LogP contribution in [-0.4, -0.2) is 19.0 Å². The molecule has 0 bridgehead atoms. The maximum Gasteiger partial charge on any atom is 0.351 e. The lowest BCUT2D eigenvalue weighted by Crippen LogP contribution is -2.21. The van der Waals surface area contributed by atoms with Gasteiger partial charge < -0.3 is 9.47 Å². The van der Waals surface area contributed by atoms with Crippen molar-refractivity contribution in [2.24, 2.45) is 0 Å². The fraction of sp³-hybridized carbons (Fsp3) is 0.118. The highest BCUT2D eigenvalue weighted by atomic mass is 16.6. The van der Waals surface area contributed by atoms with Crippen LogP contribution in [-0.2, 0) is 14.3 Å². The third kappa shape index (κ3) is 3.49. The highest BCUT2D eigenvalue weighted by molar-refractivity contribution is 5.91. The first-order valence-electron chi connectivity index (χ1n) is 6.49.